The molecule has 4 rings (SSSR count). The zero-order chi connectivity index (χ0) is 18.3. The predicted molar refractivity (Wildman–Crippen MR) is 98.5 cm³/mol. The van der Waals surface area contributed by atoms with Gasteiger partial charge in [-0.3, -0.25) is 4.79 Å². The van der Waals surface area contributed by atoms with Crippen molar-refractivity contribution < 1.29 is 9.84 Å². The van der Waals surface area contributed by atoms with E-state index in [9.17, 15) is 9.90 Å². The van der Waals surface area contributed by atoms with Crippen molar-refractivity contribution in [3.8, 4) is 11.6 Å². The fourth-order valence-corrected chi connectivity index (χ4v) is 4.83. The molecule has 0 aliphatic heterocycles. The lowest BCUT2D eigenvalue weighted by molar-refractivity contribution is 0.0937. The molecule has 0 bridgehead atoms. The first-order valence-corrected chi connectivity index (χ1v) is 9.24. The lowest BCUT2D eigenvalue weighted by Gasteiger charge is -2.50. The molecule has 6 nitrogen and oxygen atoms in total. The van der Waals surface area contributed by atoms with Crippen LogP contribution in [0.2, 0.25) is 0 Å². The van der Waals surface area contributed by atoms with Gasteiger partial charge in [0.1, 0.15) is 11.6 Å². The van der Waals surface area contributed by atoms with Gasteiger partial charge in [-0.1, -0.05) is 18.6 Å². The summed E-state index contributed by atoms with van der Waals surface area (Å²) in [5.41, 5.74) is 1.35. The number of hydrogen-bond acceptors (Lipinski definition) is 5. The molecule has 0 amide bonds. The van der Waals surface area contributed by atoms with E-state index in [1.165, 1.54) is 24.8 Å². The van der Waals surface area contributed by atoms with Gasteiger partial charge in [-0.2, -0.15) is 0 Å². The molecule has 2 saturated carbocycles. The van der Waals surface area contributed by atoms with E-state index in [1.807, 2.05) is 12.1 Å². The number of aromatic hydroxyl groups is 1. The van der Waals surface area contributed by atoms with Crippen molar-refractivity contribution in [2.45, 2.75) is 44.7 Å². The van der Waals surface area contributed by atoms with Crippen LogP contribution >= 0.6 is 0 Å². The second-order valence-corrected chi connectivity index (χ2v) is 7.42. The van der Waals surface area contributed by atoms with Crippen molar-refractivity contribution in [3.63, 3.8) is 0 Å². The average molecular weight is 355 g/mol. The summed E-state index contributed by atoms with van der Waals surface area (Å²) in [5.74, 6) is 2.88. The smallest absolute Gasteiger partial charge is 0.259 e. The lowest BCUT2D eigenvalue weighted by Crippen LogP contribution is -2.54. The second kappa shape index (κ2) is 6.76. The molecule has 1 aromatic heterocycles. The first-order chi connectivity index (χ1) is 12.6. The molecule has 0 radical (unpaired) electrons. The molecule has 3 N–H and O–H groups in total. The first kappa shape index (κ1) is 17.1. The number of ether oxygens (including phenoxy) is 1. The number of aromatic nitrogens is 2. The summed E-state index contributed by atoms with van der Waals surface area (Å²) in [6.45, 7) is 1.99. The quantitative estimate of drug-likeness (QED) is 0.767. The van der Waals surface area contributed by atoms with Crippen molar-refractivity contribution in [3.05, 3.63) is 51.6 Å². The van der Waals surface area contributed by atoms with Gasteiger partial charge in [-0.25, -0.2) is 4.98 Å². The van der Waals surface area contributed by atoms with Crippen molar-refractivity contribution in [2.24, 2.45) is 11.8 Å². The second-order valence-electron chi connectivity index (χ2n) is 7.42. The minimum atomic E-state index is -0.272. The van der Waals surface area contributed by atoms with Crippen LogP contribution in [0.5, 0.6) is 11.6 Å². The Kier molecular flexibility index (Phi) is 4.44. The van der Waals surface area contributed by atoms with Crippen molar-refractivity contribution in [1.82, 2.24) is 15.3 Å². The highest BCUT2D eigenvalue weighted by atomic mass is 16.5. The van der Waals surface area contributed by atoms with Crippen LogP contribution in [-0.4, -0.2) is 28.2 Å². The van der Waals surface area contributed by atoms with E-state index in [4.69, 9.17) is 4.74 Å². The fraction of sp³-hybridized carbons (Fsp3) is 0.500. The molecule has 26 heavy (non-hydrogen) atoms. The van der Waals surface area contributed by atoms with E-state index in [-0.39, 0.29) is 11.4 Å². The molecule has 2 aliphatic carbocycles. The summed E-state index contributed by atoms with van der Waals surface area (Å²) >= 11 is 0. The molecule has 2 aromatic rings. The Balaban J connectivity index is 1.53. The van der Waals surface area contributed by atoms with Crippen LogP contribution in [-0.2, 0) is 6.54 Å². The number of H-pyrrole nitrogens is 1. The van der Waals surface area contributed by atoms with Gasteiger partial charge < -0.3 is 20.1 Å². The molecule has 2 aliphatic rings. The zero-order valence-corrected chi connectivity index (χ0v) is 15.2. The summed E-state index contributed by atoms with van der Waals surface area (Å²) in [5, 5.41) is 13.6. The molecule has 0 unspecified atom stereocenters. The summed E-state index contributed by atoms with van der Waals surface area (Å²) < 4.78 is 5.27. The first-order valence-electron chi connectivity index (χ1n) is 9.24. The number of fused-ring (bicyclic) bond motifs is 1. The Morgan fingerprint density at radius 2 is 2.00 bits per heavy atom. The topological polar surface area (TPSA) is 87.2 Å². The highest BCUT2D eigenvalue weighted by Gasteiger charge is 2.52. The van der Waals surface area contributed by atoms with E-state index < -0.39 is 0 Å². The van der Waals surface area contributed by atoms with Gasteiger partial charge in [0.05, 0.1) is 12.7 Å². The molecule has 6 heteroatoms. The van der Waals surface area contributed by atoms with E-state index in [1.54, 1.807) is 14.0 Å². The molecule has 2 fully saturated rings. The van der Waals surface area contributed by atoms with E-state index >= 15 is 0 Å². The molecule has 0 spiro atoms. The number of methoxy groups -OCH3 is 1. The maximum absolute atomic E-state index is 12.1. The minimum absolute atomic E-state index is 0.179. The maximum atomic E-state index is 12.1. The van der Waals surface area contributed by atoms with Crippen LogP contribution < -0.4 is 15.6 Å². The van der Waals surface area contributed by atoms with Crippen LogP contribution in [0.4, 0.5) is 0 Å². The number of benzene rings is 1. The number of nitrogens with zero attached hydrogens (tertiary/aromatic N) is 1. The molecule has 1 aromatic carbocycles. The SMILES string of the molecule is COc1ccc([C@@H]2[C@@H]3CCC[C@@H]3[C@H]2NCc2c(O)nc(C)[nH]c2=O)cc1. The zero-order valence-electron chi connectivity index (χ0n) is 15.2. The summed E-state index contributed by atoms with van der Waals surface area (Å²) in [6.07, 6.45) is 3.75. The van der Waals surface area contributed by atoms with Crippen molar-refractivity contribution in [2.75, 3.05) is 7.11 Å². The van der Waals surface area contributed by atoms with Gasteiger partial charge in [0.2, 0.25) is 5.88 Å². The number of aromatic amines is 1. The largest absolute Gasteiger partial charge is 0.497 e. The van der Waals surface area contributed by atoms with Gasteiger partial charge in [0.15, 0.2) is 0 Å². The standard InChI is InChI=1S/C20H25N3O3/c1-11-22-19(24)16(20(25)23-11)10-21-18-15-5-3-4-14(15)17(18)12-6-8-13(26-2)9-7-12/h6-9,14-15,17-18,21H,3-5,10H2,1-2H3,(H2,22,23,24,25)/t14-,15+,17-,18-/m1/s1. The van der Waals surface area contributed by atoms with Crippen molar-refractivity contribution >= 4 is 0 Å². The van der Waals surface area contributed by atoms with Crippen LogP contribution in [0.25, 0.3) is 0 Å². The molecular formula is C20H25N3O3. The Morgan fingerprint density at radius 1 is 1.27 bits per heavy atom. The molecule has 4 atom stereocenters. The molecule has 138 valence electrons. The van der Waals surface area contributed by atoms with Crippen LogP contribution in [0.1, 0.15) is 42.1 Å². The Bertz CT molecular complexity index is 846. The lowest BCUT2D eigenvalue weighted by atomic mass is 9.60. The summed E-state index contributed by atoms with van der Waals surface area (Å²) in [6, 6.07) is 8.62. The molecule has 0 saturated heterocycles. The average Bonchev–Trinajstić information content (AvgIpc) is 3.01. The normalized spacial score (nSPS) is 27.0. The van der Waals surface area contributed by atoms with Gasteiger partial charge in [0, 0.05) is 18.5 Å². The highest BCUT2D eigenvalue weighted by Crippen LogP contribution is 2.56. The Hall–Kier alpha value is -2.34. The molecule has 1 heterocycles. The predicted octanol–water partition coefficient (Wildman–Crippen LogP) is 2.46. The number of rotatable bonds is 5. The minimum Gasteiger partial charge on any atom is -0.497 e. The third-order valence-corrected chi connectivity index (χ3v) is 6.06. The van der Waals surface area contributed by atoms with E-state index in [2.05, 4.69) is 27.4 Å². The fourth-order valence-electron chi connectivity index (χ4n) is 4.83. The Morgan fingerprint density at radius 3 is 2.69 bits per heavy atom. The molecular weight excluding hydrogens is 330 g/mol. The van der Waals surface area contributed by atoms with Crippen molar-refractivity contribution in [1.29, 1.82) is 0 Å². The van der Waals surface area contributed by atoms with Crippen LogP contribution in [0.15, 0.2) is 29.1 Å². The van der Waals surface area contributed by atoms with Crippen LogP contribution in [0.3, 0.4) is 0 Å². The van der Waals surface area contributed by atoms with Gasteiger partial charge in [0.25, 0.3) is 5.56 Å². The van der Waals surface area contributed by atoms with E-state index in [0.29, 0.717) is 41.7 Å². The van der Waals surface area contributed by atoms with Crippen LogP contribution in [0, 0.1) is 18.8 Å². The summed E-state index contributed by atoms with van der Waals surface area (Å²) in [4.78, 5) is 18.7. The third kappa shape index (κ3) is 2.88. The van der Waals surface area contributed by atoms with Gasteiger partial charge in [-0.15, -0.1) is 0 Å². The van der Waals surface area contributed by atoms with E-state index in [0.717, 1.165) is 5.75 Å². The number of nitrogens with one attached hydrogen (secondary N) is 2. The van der Waals surface area contributed by atoms with Gasteiger partial charge in [-0.05, 0) is 49.3 Å². The van der Waals surface area contributed by atoms with Gasteiger partial charge >= 0.3 is 0 Å². The Labute approximate surface area is 152 Å². The highest BCUT2D eigenvalue weighted by molar-refractivity contribution is 5.34. The maximum Gasteiger partial charge on any atom is 0.259 e. The summed E-state index contributed by atoms with van der Waals surface area (Å²) in [7, 11) is 1.68. The number of hydrogen-bond donors (Lipinski definition) is 3. The monoisotopic (exact) mass is 355 g/mol. The number of aryl methyl sites for hydroxylation is 1. The third-order valence-electron chi connectivity index (χ3n) is 6.06.